The SMILES string of the molecule is CC(c1ccc2c(c1)Cc1ccccc1-2)n1cncn1. The Kier molecular flexibility index (Phi) is 2.46. The fourth-order valence-electron chi connectivity index (χ4n) is 3.00. The third-order valence-electron chi connectivity index (χ3n) is 4.13. The van der Waals surface area contributed by atoms with Gasteiger partial charge < -0.3 is 0 Å². The summed E-state index contributed by atoms with van der Waals surface area (Å²) in [6.45, 7) is 2.15. The zero-order chi connectivity index (χ0) is 13.5. The van der Waals surface area contributed by atoms with Gasteiger partial charge in [0.05, 0.1) is 6.04 Å². The second-order valence-corrected chi connectivity index (χ2v) is 5.30. The summed E-state index contributed by atoms with van der Waals surface area (Å²) >= 11 is 0. The highest BCUT2D eigenvalue weighted by molar-refractivity contribution is 5.76. The van der Waals surface area contributed by atoms with Gasteiger partial charge >= 0.3 is 0 Å². The number of hydrogen-bond donors (Lipinski definition) is 0. The second-order valence-electron chi connectivity index (χ2n) is 5.30. The molecule has 0 aliphatic heterocycles. The maximum atomic E-state index is 4.23. The molecule has 0 amide bonds. The Morgan fingerprint density at radius 1 is 1.05 bits per heavy atom. The van der Waals surface area contributed by atoms with Crippen molar-refractivity contribution in [1.82, 2.24) is 14.8 Å². The Morgan fingerprint density at radius 2 is 1.90 bits per heavy atom. The van der Waals surface area contributed by atoms with Crippen LogP contribution in [-0.2, 0) is 6.42 Å². The number of hydrogen-bond acceptors (Lipinski definition) is 2. The molecule has 1 unspecified atom stereocenters. The lowest BCUT2D eigenvalue weighted by Crippen LogP contribution is -2.07. The van der Waals surface area contributed by atoms with Gasteiger partial charge in [-0.1, -0.05) is 42.5 Å². The van der Waals surface area contributed by atoms with Crippen LogP contribution in [0, 0.1) is 0 Å². The molecule has 0 saturated carbocycles. The number of benzene rings is 2. The Morgan fingerprint density at radius 3 is 2.75 bits per heavy atom. The van der Waals surface area contributed by atoms with Crippen LogP contribution >= 0.6 is 0 Å². The molecule has 0 bridgehead atoms. The summed E-state index contributed by atoms with van der Waals surface area (Å²) in [4.78, 5) is 4.03. The number of aromatic nitrogens is 3. The molecule has 1 aliphatic carbocycles. The molecular formula is C17H15N3. The van der Waals surface area contributed by atoms with Crippen molar-refractivity contribution in [2.45, 2.75) is 19.4 Å². The zero-order valence-corrected chi connectivity index (χ0v) is 11.3. The third-order valence-corrected chi connectivity index (χ3v) is 4.13. The van der Waals surface area contributed by atoms with Crippen LogP contribution in [0.3, 0.4) is 0 Å². The second kappa shape index (κ2) is 4.30. The lowest BCUT2D eigenvalue weighted by Gasteiger charge is -2.13. The molecule has 2 aromatic carbocycles. The van der Waals surface area contributed by atoms with Crippen molar-refractivity contribution in [1.29, 1.82) is 0 Å². The maximum Gasteiger partial charge on any atom is 0.137 e. The first-order chi connectivity index (χ1) is 9.83. The van der Waals surface area contributed by atoms with Crippen molar-refractivity contribution < 1.29 is 0 Å². The van der Waals surface area contributed by atoms with Crippen LogP contribution in [-0.4, -0.2) is 14.8 Å². The monoisotopic (exact) mass is 261 g/mol. The van der Waals surface area contributed by atoms with Gasteiger partial charge in [0.1, 0.15) is 12.7 Å². The summed E-state index contributed by atoms with van der Waals surface area (Å²) < 4.78 is 1.89. The van der Waals surface area contributed by atoms with E-state index in [9.17, 15) is 0 Å². The van der Waals surface area contributed by atoms with Gasteiger partial charge in [0.2, 0.25) is 0 Å². The summed E-state index contributed by atoms with van der Waals surface area (Å²) in [6.07, 6.45) is 4.38. The van der Waals surface area contributed by atoms with E-state index in [0.717, 1.165) is 6.42 Å². The van der Waals surface area contributed by atoms with Crippen LogP contribution in [0.15, 0.2) is 55.1 Å². The van der Waals surface area contributed by atoms with E-state index in [4.69, 9.17) is 0 Å². The number of fused-ring (bicyclic) bond motifs is 3. The van der Waals surface area contributed by atoms with Crippen LogP contribution in [0.5, 0.6) is 0 Å². The highest BCUT2D eigenvalue weighted by Crippen LogP contribution is 2.37. The van der Waals surface area contributed by atoms with Crippen molar-refractivity contribution in [3.05, 3.63) is 71.8 Å². The fourth-order valence-corrected chi connectivity index (χ4v) is 3.00. The summed E-state index contributed by atoms with van der Waals surface area (Å²) in [5, 5.41) is 4.23. The first-order valence-electron chi connectivity index (χ1n) is 6.88. The molecule has 0 radical (unpaired) electrons. The molecule has 1 heterocycles. The Hall–Kier alpha value is -2.42. The molecule has 0 spiro atoms. The van der Waals surface area contributed by atoms with E-state index in [1.165, 1.54) is 27.8 Å². The minimum absolute atomic E-state index is 0.214. The predicted octanol–water partition coefficient (Wildman–Crippen LogP) is 3.46. The normalized spacial score (nSPS) is 13.8. The zero-order valence-electron chi connectivity index (χ0n) is 11.3. The van der Waals surface area contributed by atoms with E-state index in [0.29, 0.717) is 0 Å². The molecule has 3 aromatic rings. The van der Waals surface area contributed by atoms with Gasteiger partial charge in [-0.05, 0) is 41.2 Å². The van der Waals surface area contributed by atoms with Crippen LogP contribution in [0.25, 0.3) is 11.1 Å². The summed E-state index contributed by atoms with van der Waals surface area (Å²) in [5.74, 6) is 0. The third kappa shape index (κ3) is 1.67. The largest absolute Gasteiger partial charge is 0.246 e. The average Bonchev–Trinajstić information content (AvgIpc) is 3.13. The summed E-state index contributed by atoms with van der Waals surface area (Å²) in [6, 6.07) is 15.6. The van der Waals surface area contributed by atoms with Crippen molar-refractivity contribution >= 4 is 0 Å². The first kappa shape index (κ1) is 11.4. The van der Waals surface area contributed by atoms with Gasteiger partial charge in [-0.2, -0.15) is 5.10 Å². The van der Waals surface area contributed by atoms with Gasteiger partial charge in [0, 0.05) is 0 Å². The van der Waals surface area contributed by atoms with E-state index in [1.807, 2.05) is 4.68 Å². The van der Waals surface area contributed by atoms with Crippen molar-refractivity contribution in [2.75, 3.05) is 0 Å². The highest BCUT2D eigenvalue weighted by atomic mass is 15.3. The van der Waals surface area contributed by atoms with Crippen LogP contribution in [0.4, 0.5) is 0 Å². The molecule has 3 heteroatoms. The predicted molar refractivity (Wildman–Crippen MR) is 78.5 cm³/mol. The van der Waals surface area contributed by atoms with Gasteiger partial charge in [-0.3, -0.25) is 0 Å². The van der Waals surface area contributed by atoms with Crippen molar-refractivity contribution in [2.24, 2.45) is 0 Å². The molecule has 98 valence electrons. The minimum atomic E-state index is 0.214. The molecule has 0 fully saturated rings. The number of rotatable bonds is 2. The Bertz CT molecular complexity index is 760. The summed E-state index contributed by atoms with van der Waals surface area (Å²) in [5.41, 5.74) is 6.86. The Labute approximate surface area is 117 Å². The molecule has 3 nitrogen and oxygen atoms in total. The molecular weight excluding hydrogens is 246 g/mol. The molecule has 4 rings (SSSR count). The van der Waals surface area contributed by atoms with Gasteiger partial charge in [-0.15, -0.1) is 0 Å². The molecule has 0 N–H and O–H groups in total. The van der Waals surface area contributed by atoms with E-state index in [1.54, 1.807) is 12.7 Å². The number of nitrogens with zero attached hydrogens (tertiary/aromatic N) is 3. The first-order valence-corrected chi connectivity index (χ1v) is 6.88. The van der Waals surface area contributed by atoms with Gasteiger partial charge in [-0.25, -0.2) is 9.67 Å². The van der Waals surface area contributed by atoms with E-state index >= 15 is 0 Å². The molecule has 0 saturated heterocycles. The topological polar surface area (TPSA) is 30.7 Å². The van der Waals surface area contributed by atoms with E-state index in [2.05, 4.69) is 59.5 Å². The summed E-state index contributed by atoms with van der Waals surface area (Å²) in [7, 11) is 0. The van der Waals surface area contributed by atoms with E-state index in [-0.39, 0.29) is 6.04 Å². The molecule has 1 atom stereocenters. The van der Waals surface area contributed by atoms with Crippen molar-refractivity contribution in [3.63, 3.8) is 0 Å². The van der Waals surface area contributed by atoms with Gasteiger partial charge in [0.25, 0.3) is 0 Å². The maximum absolute atomic E-state index is 4.23. The molecule has 20 heavy (non-hydrogen) atoms. The fraction of sp³-hybridized carbons (Fsp3) is 0.176. The Balaban J connectivity index is 1.75. The van der Waals surface area contributed by atoms with Crippen LogP contribution < -0.4 is 0 Å². The average molecular weight is 261 g/mol. The van der Waals surface area contributed by atoms with Crippen LogP contribution in [0.2, 0.25) is 0 Å². The molecule has 1 aromatic heterocycles. The highest BCUT2D eigenvalue weighted by Gasteiger charge is 2.19. The van der Waals surface area contributed by atoms with E-state index < -0.39 is 0 Å². The van der Waals surface area contributed by atoms with Gasteiger partial charge in [0.15, 0.2) is 0 Å². The lowest BCUT2D eigenvalue weighted by molar-refractivity contribution is 0.562. The van der Waals surface area contributed by atoms with Crippen molar-refractivity contribution in [3.8, 4) is 11.1 Å². The standard InChI is InChI=1S/C17H15N3/c1-12(20-11-18-10-19-20)13-6-7-17-15(8-13)9-14-4-2-3-5-16(14)17/h2-8,10-12H,9H2,1H3. The van der Waals surface area contributed by atoms with Crippen LogP contribution in [0.1, 0.15) is 29.7 Å². The smallest absolute Gasteiger partial charge is 0.137 e. The lowest BCUT2D eigenvalue weighted by atomic mass is 10.0. The molecule has 1 aliphatic rings. The minimum Gasteiger partial charge on any atom is -0.246 e. The quantitative estimate of drug-likeness (QED) is 0.553.